The van der Waals surface area contributed by atoms with E-state index in [0.29, 0.717) is 11.3 Å². The molecular weight excluding hydrogens is 573 g/mol. The third-order valence-electron chi connectivity index (χ3n) is 9.43. The summed E-state index contributed by atoms with van der Waals surface area (Å²) >= 11 is 0. The maximum atomic E-state index is 10.7. The van der Waals surface area contributed by atoms with Crippen LogP contribution in [0.1, 0.15) is 33.4 Å². The van der Waals surface area contributed by atoms with E-state index in [4.69, 9.17) is 6.57 Å². The second kappa shape index (κ2) is 10.5. The van der Waals surface area contributed by atoms with E-state index in [1.54, 1.807) is 0 Å². The Kier molecular flexibility index (Phi) is 6.33. The summed E-state index contributed by atoms with van der Waals surface area (Å²) < 4.78 is 4.66. The van der Waals surface area contributed by atoms with Crippen molar-refractivity contribution in [2.24, 2.45) is 0 Å². The van der Waals surface area contributed by atoms with E-state index in [1.807, 2.05) is 31.2 Å². The number of nitrogens with zero attached hydrogens (tertiary/aromatic N) is 4. The summed E-state index contributed by atoms with van der Waals surface area (Å²) in [7, 11) is 0. The first-order valence-electron chi connectivity index (χ1n) is 15.9. The zero-order valence-electron chi connectivity index (χ0n) is 27.1. The summed E-state index contributed by atoms with van der Waals surface area (Å²) in [5, 5.41) is 15.4. The normalized spacial score (nSPS) is 11.5. The van der Waals surface area contributed by atoms with Crippen LogP contribution >= 0.6 is 0 Å². The molecule has 0 aliphatic heterocycles. The van der Waals surface area contributed by atoms with Crippen LogP contribution in [0.15, 0.2) is 103 Å². The van der Waals surface area contributed by atoms with Gasteiger partial charge >= 0.3 is 0 Å². The van der Waals surface area contributed by atoms with Crippen molar-refractivity contribution in [2.45, 2.75) is 34.6 Å². The second-order valence-electron chi connectivity index (χ2n) is 12.9. The first kappa shape index (κ1) is 28.4. The number of nitriles is 1. The molecule has 47 heavy (non-hydrogen) atoms. The number of aromatic nitrogens is 2. The Labute approximate surface area is 274 Å². The molecule has 224 valence electrons. The number of benzene rings is 6. The van der Waals surface area contributed by atoms with Gasteiger partial charge in [0.25, 0.3) is 0 Å². The summed E-state index contributed by atoms with van der Waals surface area (Å²) in [6.07, 6.45) is 0. The Morgan fingerprint density at radius 1 is 0.489 bits per heavy atom. The fourth-order valence-electron chi connectivity index (χ4n) is 7.23. The fourth-order valence-corrected chi connectivity index (χ4v) is 7.23. The SMILES string of the molecule is [C-]#[N+]c1cc(C)ccc1-c1cc(-n2c3ccc(C)cc3c3cc(C)ccc32)c(-n2c3ccc(C)cc3c3cc(C)ccc32)cc1C#N. The minimum atomic E-state index is 0.527. The third-order valence-corrected chi connectivity index (χ3v) is 9.43. The van der Waals surface area contributed by atoms with Gasteiger partial charge in [-0.3, -0.25) is 0 Å². The van der Waals surface area contributed by atoms with Crippen LogP contribution in [0, 0.1) is 52.5 Å². The first-order chi connectivity index (χ1) is 22.7. The Morgan fingerprint density at radius 3 is 1.28 bits per heavy atom. The molecule has 0 N–H and O–H groups in total. The molecule has 6 aromatic carbocycles. The van der Waals surface area contributed by atoms with Crippen molar-refractivity contribution in [3.8, 4) is 28.6 Å². The molecule has 4 heteroatoms. The number of fused-ring (bicyclic) bond motifs is 6. The third kappa shape index (κ3) is 4.34. The van der Waals surface area contributed by atoms with Crippen LogP contribution in [-0.2, 0) is 0 Å². The summed E-state index contributed by atoms with van der Waals surface area (Å²) in [5.41, 5.74) is 14.6. The molecule has 0 amide bonds. The summed E-state index contributed by atoms with van der Waals surface area (Å²) in [6.45, 7) is 18.5. The molecule has 0 spiro atoms. The van der Waals surface area contributed by atoms with Gasteiger partial charge in [0.05, 0.1) is 51.6 Å². The minimum Gasteiger partial charge on any atom is -0.307 e. The molecule has 4 nitrogen and oxygen atoms in total. The zero-order chi connectivity index (χ0) is 32.6. The van der Waals surface area contributed by atoms with Gasteiger partial charge in [-0.2, -0.15) is 5.26 Å². The van der Waals surface area contributed by atoms with E-state index in [2.05, 4.69) is 127 Å². The number of hydrogen-bond donors (Lipinski definition) is 0. The molecule has 0 saturated carbocycles. The predicted molar refractivity (Wildman–Crippen MR) is 195 cm³/mol. The van der Waals surface area contributed by atoms with Gasteiger partial charge in [0, 0.05) is 21.5 Å². The molecular formula is C43H32N4. The summed E-state index contributed by atoms with van der Waals surface area (Å²) in [5.74, 6) is 0. The number of aryl methyl sites for hydroxylation is 5. The largest absolute Gasteiger partial charge is 0.307 e. The van der Waals surface area contributed by atoms with Gasteiger partial charge in [-0.1, -0.05) is 70.3 Å². The quantitative estimate of drug-likeness (QED) is 0.185. The van der Waals surface area contributed by atoms with Crippen LogP contribution in [0.3, 0.4) is 0 Å². The number of rotatable bonds is 3. The van der Waals surface area contributed by atoms with Crippen LogP contribution in [0.5, 0.6) is 0 Å². The standard InChI is InChI=1S/C43H32N4/c1-25-8-13-38-33(17-25)34-18-26(2)9-14-39(34)46(38)42-22-30(24-44)32(31-12-7-29(5)21-37(31)45-6)23-43(42)47-40-15-10-27(3)19-35(40)36-20-28(4)11-16-41(36)47/h7-23H,1-5H3. The lowest BCUT2D eigenvalue weighted by molar-refractivity contribution is 1.09. The van der Waals surface area contributed by atoms with Crippen molar-refractivity contribution in [3.63, 3.8) is 0 Å². The maximum Gasteiger partial charge on any atom is 0.195 e. The van der Waals surface area contributed by atoms with E-state index in [9.17, 15) is 5.26 Å². The topological polar surface area (TPSA) is 38.0 Å². The second-order valence-corrected chi connectivity index (χ2v) is 12.9. The molecule has 0 atom stereocenters. The van der Waals surface area contributed by atoms with Crippen LogP contribution < -0.4 is 0 Å². The molecule has 0 radical (unpaired) electrons. The molecule has 0 bridgehead atoms. The predicted octanol–water partition coefficient (Wildman–Crippen LogP) is 11.5. The monoisotopic (exact) mass is 604 g/mol. The van der Waals surface area contributed by atoms with Crippen LogP contribution in [-0.4, -0.2) is 9.13 Å². The van der Waals surface area contributed by atoms with Crippen LogP contribution in [0.4, 0.5) is 5.69 Å². The van der Waals surface area contributed by atoms with E-state index in [0.717, 1.165) is 50.1 Å². The van der Waals surface area contributed by atoms with Gasteiger partial charge in [0.15, 0.2) is 5.69 Å². The van der Waals surface area contributed by atoms with E-state index >= 15 is 0 Å². The highest BCUT2D eigenvalue weighted by atomic mass is 15.1. The Balaban J connectivity index is 1.60. The Hall–Kier alpha value is -6.10. The van der Waals surface area contributed by atoms with E-state index in [-0.39, 0.29) is 0 Å². The minimum absolute atomic E-state index is 0.527. The zero-order valence-corrected chi connectivity index (χ0v) is 27.1. The molecule has 0 aliphatic carbocycles. The van der Waals surface area contributed by atoms with Crippen molar-refractivity contribution in [3.05, 3.63) is 148 Å². The molecule has 2 aromatic heterocycles. The maximum absolute atomic E-state index is 10.7. The molecule has 2 heterocycles. The van der Waals surface area contributed by atoms with Gasteiger partial charge in [-0.15, -0.1) is 0 Å². The molecule has 0 unspecified atom stereocenters. The summed E-state index contributed by atoms with van der Waals surface area (Å²) in [6, 6.07) is 39.1. The van der Waals surface area contributed by atoms with Crippen molar-refractivity contribution in [1.29, 1.82) is 5.26 Å². The van der Waals surface area contributed by atoms with E-state index < -0.39 is 0 Å². The average molecular weight is 605 g/mol. The van der Waals surface area contributed by atoms with Crippen LogP contribution in [0.2, 0.25) is 0 Å². The van der Waals surface area contributed by atoms with Gasteiger partial charge in [0.1, 0.15) is 0 Å². The smallest absolute Gasteiger partial charge is 0.195 e. The van der Waals surface area contributed by atoms with Gasteiger partial charge < -0.3 is 9.13 Å². The first-order valence-corrected chi connectivity index (χ1v) is 15.9. The highest BCUT2D eigenvalue weighted by Gasteiger charge is 2.23. The van der Waals surface area contributed by atoms with Crippen molar-refractivity contribution in [1.82, 2.24) is 9.13 Å². The van der Waals surface area contributed by atoms with Crippen molar-refractivity contribution < 1.29 is 0 Å². The molecule has 0 fully saturated rings. The lowest BCUT2D eigenvalue weighted by Gasteiger charge is -2.20. The van der Waals surface area contributed by atoms with Gasteiger partial charge in [0.2, 0.25) is 0 Å². The van der Waals surface area contributed by atoms with Crippen molar-refractivity contribution in [2.75, 3.05) is 0 Å². The molecule has 8 aromatic rings. The Morgan fingerprint density at radius 2 is 0.872 bits per heavy atom. The van der Waals surface area contributed by atoms with Gasteiger partial charge in [-0.05, 0) is 106 Å². The summed E-state index contributed by atoms with van der Waals surface area (Å²) in [4.78, 5) is 3.89. The fraction of sp³-hybridized carbons (Fsp3) is 0.116. The highest BCUT2D eigenvalue weighted by Crippen LogP contribution is 2.43. The lowest BCUT2D eigenvalue weighted by atomic mass is 9.95. The van der Waals surface area contributed by atoms with Crippen molar-refractivity contribution >= 4 is 49.3 Å². The highest BCUT2D eigenvalue weighted by molar-refractivity contribution is 6.12. The molecule has 0 aliphatic rings. The average Bonchev–Trinajstić information content (AvgIpc) is 3.55. The Bertz CT molecular complexity index is 2580. The lowest BCUT2D eigenvalue weighted by Crippen LogP contribution is -2.05. The molecule has 8 rings (SSSR count). The van der Waals surface area contributed by atoms with E-state index in [1.165, 1.54) is 43.8 Å². The van der Waals surface area contributed by atoms with Crippen LogP contribution in [0.25, 0.3) is 71.0 Å². The molecule has 0 saturated heterocycles. The number of hydrogen-bond acceptors (Lipinski definition) is 1. The van der Waals surface area contributed by atoms with Gasteiger partial charge in [-0.25, -0.2) is 4.85 Å².